The molecule has 5 N–H and O–H groups in total. The lowest BCUT2D eigenvalue weighted by Crippen LogP contribution is -2.33. The number of aliphatic hydroxyl groups is 3. The minimum atomic E-state index is -1.30. The van der Waals surface area contributed by atoms with E-state index in [9.17, 15) is 24.9 Å². The summed E-state index contributed by atoms with van der Waals surface area (Å²) in [6.45, 7) is -0.466. The molecular formula is C15H17N5O7. The zero-order chi connectivity index (χ0) is 19.6. The van der Waals surface area contributed by atoms with Crippen molar-refractivity contribution in [2.45, 2.75) is 31.0 Å². The number of hydrogen-bond acceptors (Lipinski definition) is 10. The number of aliphatic carboxylic acids is 1. The number of carboxylic acid groups (broad SMARTS) is 1. The van der Waals surface area contributed by atoms with Gasteiger partial charge in [0.1, 0.15) is 30.9 Å². The van der Waals surface area contributed by atoms with Crippen molar-refractivity contribution < 1.29 is 34.8 Å². The number of aromatic nitrogens is 4. The van der Waals surface area contributed by atoms with Gasteiger partial charge in [-0.1, -0.05) is 0 Å². The summed E-state index contributed by atoms with van der Waals surface area (Å²) in [5.74, 6) is -0.952. The Bertz CT molecular complexity index is 883. The first kappa shape index (κ1) is 18.8. The number of carboxylic acids is 1. The van der Waals surface area contributed by atoms with E-state index in [1.807, 2.05) is 0 Å². The molecule has 0 saturated carbocycles. The average Bonchev–Trinajstić information content (AvgIpc) is 3.20. The monoisotopic (exact) mass is 379 g/mol. The highest BCUT2D eigenvalue weighted by molar-refractivity contribution is 5.86. The Labute approximate surface area is 151 Å². The molecule has 1 aliphatic rings. The number of ether oxygens (including phenoxy) is 1. The number of imidazole rings is 1. The molecule has 27 heavy (non-hydrogen) atoms. The maximum atomic E-state index is 10.9. The van der Waals surface area contributed by atoms with Crippen LogP contribution >= 0.6 is 0 Å². The molecule has 0 spiro atoms. The highest BCUT2D eigenvalue weighted by Gasteiger charge is 2.44. The van der Waals surface area contributed by atoms with E-state index in [0.717, 1.165) is 0 Å². The van der Waals surface area contributed by atoms with Gasteiger partial charge in [-0.3, -0.25) is 14.2 Å². The van der Waals surface area contributed by atoms with Gasteiger partial charge in [-0.25, -0.2) is 15.0 Å². The number of aliphatic hydroxyl groups excluding tert-OH is 3. The maximum Gasteiger partial charge on any atom is 0.307 e. The quantitative estimate of drug-likeness (QED) is 0.276. The molecule has 1 fully saturated rings. The van der Waals surface area contributed by atoms with Gasteiger partial charge in [-0.15, -0.1) is 0 Å². The lowest BCUT2D eigenvalue weighted by atomic mass is 10.1. The summed E-state index contributed by atoms with van der Waals surface area (Å²) in [5.41, 5.74) is 0.533. The maximum absolute atomic E-state index is 10.9. The van der Waals surface area contributed by atoms with Crippen LogP contribution in [0.1, 0.15) is 12.6 Å². The number of aldehydes is 1. The fourth-order valence-corrected chi connectivity index (χ4v) is 2.72. The summed E-state index contributed by atoms with van der Waals surface area (Å²) in [6, 6.07) is 0. The Morgan fingerprint density at radius 2 is 2.07 bits per heavy atom. The van der Waals surface area contributed by atoms with Crippen LogP contribution in [0.3, 0.4) is 0 Å². The van der Waals surface area contributed by atoms with Crippen LogP contribution in [-0.4, -0.2) is 77.1 Å². The molecule has 0 amide bonds. The van der Waals surface area contributed by atoms with E-state index >= 15 is 0 Å². The van der Waals surface area contributed by atoms with Gasteiger partial charge in [0.25, 0.3) is 0 Å². The second-order valence-corrected chi connectivity index (χ2v) is 5.83. The van der Waals surface area contributed by atoms with Crippen molar-refractivity contribution in [2.75, 3.05) is 11.9 Å². The van der Waals surface area contributed by atoms with Crippen LogP contribution in [-0.2, 0) is 14.3 Å². The van der Waals surface area contributed by atoms with Crippen molar-refractivity contribution >= 4 is 29.2 Å². The van der Waals surface area contributed by atoms with Crippen molar-refractivity contribution in [3.05, 3.63) is 24.4 Å². The second-order valence-electron chi connectivity index (χ2n) is 5.83. The van der Waals surface area contributed by atoms with Gasteiger partial charge in [0.15, 0.2) is 23.2 Å². The third-order valence-corrected chi connectivity index (χ3v) is 4.05. The van der Waals surface area contributed by atoms with E-state index < -0.39 is 43.5 Å². The Kier molecular flexibility index (Phi) is 5.41. The van der Waals surface area contributed by atoms with E-state index in [-0.39, 0.29) is 22.6 Å². The third-order valence-electron chi connectivity index (χ3n) is 4.05. The summed E-state index contributed by atoms with van der Waals surface area (Å²) in [6.07, 6.45) is -0.849. The summed E-state index contributed by atoms with van der Waals surface area (Å²) in [4.78, 5) is 33.8. The highest BCUT2D eigenvalue weighted by atomic mass is 16.6. The third kappa shape index (κ3) is 3.64. The highest BCUT2D eigenvalue weighted by Crippen LogP contribution is 2.32. The fourth-order valence-electron chi connectivity index (χ4n) is 2.72. The molecule has 12 nitrogen and oxygen atoms in total. The minimum absolute atomic E-state index is 0.00264. The SMILES string of the molecule is O=C/C(=C\Nc1ncnc2c1ncn2[C@@H]1O[C@H](CO)[C@@H](O)[C@H]1O)CC(=O)O. The van der Waals surface area contributed by atoms with Gasteiger partial charge in [0, 0.05) is 11.8 Å². The second kappa shape index (κ2) is 7.75. The van der Waals surface area contributed by atoms with Crippen molar-refractivity contribution in [1.29, 1.82) is 0 Å². The van der Waals surface area contributed by atoms with Crippen molar-refractivity contribution in [2.24, 2.45) is 0 Å². The zero-order valence-electron chi connectivity index (χ0n) is 13.8. The molecule has 1 saturated heterocycles. The number of fused-ring (bicyclic) bond motifs is 1. The van der Waals surface area contributed by atoms with E-state index in [1.54, 1.807) is 0 Å². The molecule has 0 unspecified atom stereocenters. The van der Waals surface area contributed by atoms with Crippen LogP contribution in [0.25, 0.3) is 11.2 Å². The van der Waals surface area contributed by atoms with E-state index in [4.69, 9.17) is 9.84 Å². The molecule has 3 heterocycles. The molecule has 1 aliphatic heterocycles. The summed E-state index contributed by atoms with van der Waals surface area (Å²) in [7, 11) is 0. The standard InChI is InChI=1S/C15H17N5O7/c21-3-7(1-9(23)24)2-16-13-10-14(18-5-17-13)20(6-19-10)15-12(26)11(25)8(4-22)27-15/h2-3,5-6,8,11-12,15,22,25-26H,1,4H2,(H,23,24)(H,16,17,18)/b7-2-/t8-,11-,12-,15-/m1/s1. The summed E-state index contributed by atoms with van der Waals surface area (Å²) < 4.78 is 6.84. The van der Waals surface area contributed by atoms with E-state index in [1.165, 1.54) is 23.4 Å². The molecule has 2 aromatic rings. The Balaban J connectivity index is 1.90. The lowest BCUT2D eigenvalue weighted by molar-refractivity contribution is -0.136. The van der Waals surface area contributed by atoms with Gasteiger partial charge in [0.2, 0.25) is 0 Å². The molecule has 0 aromatic carbocycles. The normalized spacial score (nSPS) is 25.7. The molecule has 2 aromatic heterocycles. The van der Waals surface area contributed by atoms with Gasteiger partial charge in [-0.2, -0.15) is 0 Å². The first-order valence-corrected chi connectivity index (χ1v) is 7.88. The Morgan fingerprint density at radius 3 is 2.70 bits per heavy atom. The van der Waals surface area contributed by atoms with E-state index in [2.05, 4.69) is 20.3 Å². The number of rotatable bonds is 7. The number of hydrogen-bond donors (Lipinski definition) is 5. The smallest absolute Gasteiger partial charge is 0.307 e. The minimum Gasteiger partial charge on any atom is -0.481 e. The van der Waals surface area contributed by atoms with Crippen LogP contribution in [0.4, 0.5) is 5.82 Å². The van der Waals surface area contributed by atoms with Crippen LogP contribution in [0.2, 0.25) is 0 Å². The van der Waals surface area contributed by atoms with Gasteiger partial charge in [-0.05, 0) is 0 Å². The van der Waals surface area contributed by atoms with Gasteiger partial charge < -0.3 is 30.5 Å². The van der Waals surface area contributed by atoms with Gasteiger partial charge >= 0.3 is 5.97 Å². The van der Waals surface area contributed by atoms with Crippen LogP contribution in [0.5, 0.6) is 0 Å². The number of carbonyl (C=O) groups is 2. The Hall–Kier alpha value is -2.93. The number of nitrogens with one attached hydrogen (secondary N) is 1. The first-order valence-electron chi connectivity index (χ1n) is 7.88. The number of nitrogens with zero attached hydrogens (tertiary/aromatic N) is 4. The van der Waals surface area contributed by atoms with Gasteiger partial charge in [0.05, 0.1) is 19.4 Å². The largest absolute Gasteiger partial charge is 0.481 e. The fraction of sp³-hybridized carbons (Fsp3) is 0.400. The zero-order valence-corrected chi connectivity index (χ0v) is 13.8. The van der Waals surface area contributed by atoms with Crippen molar-refractivity contribution in [1.82, 2.24) is 19.5 Å². The molecule has 0 aliphatic carbocycles. The summed E-state index contributed by atoms with van der Waals surface area (Å²) in [5, 5.41) is 40.7. The van der Waals surface area contributed by atoms with Crippen molar-refractivity contribution in [3.8, 4) is 0 Å². The molecular weight excluding hydrogens is 362 g/mol. The van der Waals surface area contributed by atoms with Crippen LogP contribution < -0.4 is 5.32 Å². The molecule has 144 valence electrons. The Morgan fingerprint density at radius 1 is 1.30 bits per heavy atom. The predicted molar refractivity (Wildman–Crippen MR) is 88.4 cm³/mol. The molecule has 0 radical (unpaired) electrons. The molecule has 0 bridgehead atoms. The van der Waals surface area contributed by atoms with Crippen LogP contribution in [0, 0.1) is 0 Å². The number of carbonyl (C=O) groups excluding carboxylic acids is 1. The predicted octanol–water partition coefficient (Wildman–Crippen LogP) is -1.59. The average molecular weight is 379 g/mol. The lowest BCUT2D eigenvalue weighted by Gasteiger charge is -2.16. The van der Waals surface area contributed by atoms with Crippen molar-refractivity contribution in [3.63, 3.8) is 0 Å². The van der Waals surface area contributed by atoms with E-state index in [0.29, 0.717) is 6.29 Å². The van der Waals surface area contributed by atoms with Crippen LogP contribution in [0.15, 0.2) is 24.4 Å². The number of anilines is 1. The molecule has 4 atom stereocenters. The molecule has 3 rings (SSSR count). The summed E-state index contributed by atoms with van der Waals surface area (Å²) >= 11 is 0. The topological polar surface area (TPSA) is 180 Å². The first-order chi connectivity index (χ1) is 13.0. The molecule has 12 heteroatoms.